The van der Waals surface area contributed by atoms with Crippen LogP contribution in [0.3, 0.4) is 0 Å². The summed E-state index contributed by atoms with van der Waals surface area (Å²) in [7, 11) is 0. The van der Waals surface area contributed by atoms with Gasteiger partial charge >= 0.3 is 35.5 Å². The van der Waals surface area contributed by atoms with Crippen molar-refractivity contribution in [2.75, 3.05) is 6.54 Å². The zero-order valence-corrected chi connectivity index (χ0v) is 7.63. The number of nitrogens with zero attached hydrogens (tertiary/aromatic N) is 1. The molecule has 0 unspecified atom stereocenters. The van der Waals surface area contributed by atoms with E-state index in [2.05, 4.69) is 5.18 Å². The Balaban J connectivity index is -0.0000000606. The van der Waals surface area contributed by atoms with E-state index in [-0.39, 0.29) is 29.6 Å². The molecule has 0 aliphatic rings. The molecular formula is C6H12NNaO7. The molecule has 0 aliphatic carbocycles. The van der Waals surface area contributed by atoms with E-state index in [9.17, 15) is 4.79 Å². The second kappa shape index (κ2) is 18.7. The summed E-state index contributed by atoms with van der Waals surface area (Å²) in [6.07, 6.45) is 0. The van der Waals surface area contributed by atoms with Gasteiger partial charge in [-0.15, -0.1) is 0 Å². The van der Waals surface area contributed by atoms with Crippen LogP contribution in [0.5, 0.6) is 0 Å². The molecule has 0 aromatic rings. The van der Waals surface area contributed by atoms with Crippen LogP contribution in [0.25, 0.3) is 0 Å². The number of hydrogen-bond donors (Lipinski definition) is 3. The van der Waals surface area contributed by atoms with Crippen LogP contribution in [0.4, 0.5) is 0 Å². The van der Waals surface area contributed by atoms with Gasteiger partial charge in [-0.3, -0.25) is 14.4 Å². The van der Waals surface area contributed by atoms with Gasteiger partial charge in [0.1, 0.15) is 0 Å². The number of carboxylic acids is 3. The molecule has 0 bridgehead atoms. The molecule has 0 heterocycles. The molecule has 8 nitrogen and oxygen atoms in total. The number of rotatable bonds is 2. The summed E-state index contributed by atoms with van der Waals surface area (Å²) in [5.74, 6) is -2.86. The quantitative estimate of drug-likeness (QED) is 0.425. The fourth-order valence-corrected chi connectivity index (χ4v) is 0.0552. The molecule has 0 aliphatic heterocycles. The predicted octanol–water partition coefficient (Wildman–Crippen LogP) is -0.629. The van der Waals surface area contributed by atoms with Crippen molar-refractivity contribution in [1.82, 2.24) is 0 Å². The standard InChI is InChI=1S/C2H3NO3.2C2H4O2.Na.H/c4-2(5)1-3-6;2*1-2(3)4;;/h1H2,(H,4,5);2*1H3,(H,3,4);;. The number of nitroso groups, excluding NO2 is 1. The van der Waals surface area contributed by atoms with Gasteiger partial charge in [0, 0.05) is 13.8 Å². The summed E-state index contributed by atoms with van der Waals surface area (Å²) in [4.78, 5) is 36.3. The van der Waals surface area contributed by atoms with Crippen molar-refractivity contribution in [3.8, 4) is 0 Å². The molecule has 0 radical (unpaired) electrons. The van der Waals surface area contributed by atoms with Gasteiger partial charge in [0.15, 0.2) is 6.54 Å². The Morgan fingerprint density at radius 3 is 1.20 bits per heavy atom. The maximum atomic E-state index is 9.31. The van der Waals surface area contributed by atoms with E-state index in [0.717, 1.165) is 13.8 Å². The first-order valence-corrected chi connectivity index (χ1v) is 3.14. The monoisotopic (exact) mass is 233 g/mol. The van der Waals surface area contributed by atoms with Gasteiger partial charge in [0.25, 0.3) is 11.9 Å². The van der Waals surface area contributed by atoms with Crippen molar-refractivity contribution in [1.29, 1.82) is 0 Å². The Labute approximate surface area is 108 Å². The number of carboxylic acid groups (broad SMARTS) is 3. The average Bonchev–Trinajstić information content (AvgIpc) is 1.82. The Morgan fingerprint density at radius 1 is 1.00 bits per heavy atom. The van der Waals surface area contributed by atoms with E-state index < -0.39 is 24.5 Å². The first kappa shape index (κ1) is 23.7. The molecule has 3 N–H and O–H groups in total. The minimum absolute atomic E-state index is 0. The van der Waals surface area contributed by atoms with Crippen molar-refractivity contribution in [2.24, 2.45) is 5.18 Å². The Hall–Kier alpha value is -0.990. The van der Waals surface area contributed by atoms with Crippen molar-refractivity contribution >= 4 is 47.5 Å². The van der Waals surface area contributed by atoms with Gasteiger partial charge in [-0.1, -0.05) is 5.18 Å². The number of aliphatic carboxylic acids is 3. The molecule has 0 amide bonds. The third-order valence-corrected chi connectivity index (χ3v) is 0.200. The molecule has 0 saturated carbocycles. The fraction of sp³-hybridized carbons (Fsp3) is 0.500. The van der Waals surface area contributed by atoms with Crippen molar-refractivity contribution in [2.45, 2.75) is 13.8 Å². The third-order valence-electron chi connectivity index (χ3n) is 0.200. The van der Waals surface area contributed by atoms with Gasteiger partial charge in [-0.2, -0.15) is 4.91 Å². The van der Waals surface area contributed by atoms with E-state index >= 15 is 0 Å². The summed E-state index contributed by atoms with van der Waals surface area (Å²) < 4.78 is 0. The van der Waals surface area contributed by atoms with Crippen LogP contribution < -0.4 is 0 Å². The van der Waals surface area contributed by atoms with Crippen molar-refractivity contribution in [3.63, 3.8) is 0 Å². The number of hydrogen-bond acceptors (Lipinski definition) is 5. The van der Waals surface area contributed by atoms with E-state index in [0.29, 0.717) is 0 Å². The third kappa shape index (κ3) is 390. The summed E-state index contributed by atoms with van der Waals surface area (Å²) in [5, 5.41) is 24.5. The van der Waals surface area contributed by atoms with Crippen LogP contribution in [0.2, 0.25) is 0 Å². The Kier molecular flexibility index (Phi) is 29.5. The molecule has 0 saturated heterocycles. The van der Waals surface area contributed by atoms with Crippen LogP contribution >= 0.6 is 0 Å². The molecule has 84 valence electrons. The van der Waals surface area contributed by atoms with E-state index in [1.807, 2.05) is 0 Å². The SMILES string of the molecule is CC(=O)O.CC(=O)O.O=NCC(=O)O.[NaH]. The number of carbonyl (C=O) groups is 3. The second-order valence-corrected chi connectivity index (χ2v) is 1.72. The molecule has 9 heteroatoms. The first-order chi connectivity index (χ1) is 6.23. The summed E-state index contributed by atoms with van der Waals surface area (Å²) in [5.41, 5.74) is 0. The normalized spacial score (nSPS) is 6.27. The van der Waals surface area contributed by atoms with Crippen molar-refractivity contribution in [3.05, 3.63) is 4.91 Å². The topological polar surface area (TPSA) is 141 Å². The average molecular weight is 233 g/mol. The van der Waals surface area contributed by atoms with Crippen LogP contribution in [-0.2, 0) is 14.4 Å². The predicted molar refractivity (Wildman–Crippen MR) is 52.1 cm³/mol. The minimum atomic E-state index is -1.19. The molecule has 0 aromatic carbocycles. The van der Waals surface area contributed by atoms with E-state index in [1.54, 1.807) is 0 Å². The van der Waals surface area contributed by atoms with Crippen LogP contribution in [-0.4, -0.2) is 69.3 Å². The van der Waals surface area contributed by atoms with Gasteiger partial charge in [-0.25, -0.2) is 0 Å². The molecule has 0 spiro atoms. The van der Waals surface area contributed by atoms with Crippen LogP contribution in [0.1, 0.15) is 13.8 Å². The van der Waals surface area contributed by atoms with Gasteiger partial charge in [0.05, 0.1) is 0 Å². The zero-order chi connectivity index (χ0) is 12.1. The molecule has 0 rings (SSSR count). The van der Waals surface area contributed by atoms with Crippen molar-refractivity contribution < 1.29 is 29.7 Å². The molecule has 0 fully saturated rings. The van der Waals surface area contributed by atoms with E-state index in [1.165, 1.54) is 0 Å². The van der Waals surface area contributed by atoms with Gasteiger partial charge < -0.3 is 15.3 Å². The summed E-state index contributed by atoms with van der Waals surface area (Å²) in [6.45, 7) is 1.53. The van der Waals surface area contributed by atoms with E-state index in [4.69, 9.17) is 29.8 Å². The van der Waals surface area contributed by atoms with Crippen LogP contribution in [0.15, 0.2) is 5.18 Å². The van der Waals surface area contributed by atoms with Gasteiger partial charge in [-0.05, 0) is 0 Å². The first-order valence-electron chi connectivity index (χ1n) is 3.14. The summed E-state index contributed by atoms with van der Waals surface area (Å²) in [6, 6.07) is 0. The Bertz CT molecular complexity index is 186. The molecular weight excluding hydrogens is 221 g/mol. The fourth-order valence-electron chi connectivity index (χ4n) is 0.0552. The van der Waals surface area contributed by atoms with Crippen LogP contribution in [0, 0.1) is 4.91 Å². The summed E-state index contributed by atoms with van der Waals surface area (Å²) >= 11 is 0. The Morgan fingerprint density at radius 2 is 1.20 bits per heavy atom. The van der Waals surface area contributed by atoms with Gasteiger partial charge in [0.2, 0.25) is 0 Å². The molecule has 15 heavy (non-hydrogen) atoms. The molecule has 0 aromatic heterocycles. The second-order valence-electron chi connectivity index (χ2n) is 1.72. The molecule has 0 atom stereocenters. The maximum absolute atomic E-state index is 9.31. The zero-order valence-electron chi connectivity index (χ0n) is 7.63.